The van der Waals surface area contributed by atoms with Gasteiger partial charge in [0.25, 0.3) is 0 Å². The quantitative estimate of drug-likeness (QED) is 0.616. The summed E-state index contributed by atoms with van der Waals surface area (Å²) in [4.78, 5) is 16.9. The molecule has 0 aliphatic carbocycles. The van der Waals surface area contributed by atoms with Gasteiger partial charge in [0.15, 0.2) is 0 Å². The second-order valence-corrected chi connectivity index (χ2v) is 7.63. The summed E-state index contributed by atoms with van der Waals surface area (Å²) in [7, 11) is 1.68. The minimum atomic E-state index is -0.0549. The number of ether oxygens (including phenoxy) is 1. The first-order chi connectivity index (χ1) is 14.7. The van der Waals surface area contributed by atoms with Crippen LogP contribution in [0.1, 0.15) is 26.2 Å². The summed E-state index contributed by atoms with van der Waals surface area (Å²) < 4.78 is 5.22. The van der Waals surface area contributed by atoms with Gasteiger partial charge in [0.2, 0.25) is 0 Å². The van der Waals surface area contributed by atoms with Gasteiger partial charge < -0.3 is 25.2 Å². The molecule has 0 saturated carbocycles. The van der Waals surface area contributed by atoms with Crippen LogP contribution in [0.25, 0.3) is 0 Å². The minimum Gasteiger partial charge on any atom is -0.497 e. The molecule has 6 heteroatoms. The van der Waals surface area contributed by atoms with E-state index in [1.807, 2.05) is 18.2 Å². The zero-order valence-corrected chi connectivity index (χ0v) is 18.1. The first kappa shape index (κ1) is 21.8. The van der Waals surface area contributed by atoms with Gasteiger partial charge in [-0.2, -0.15) is 0 Å². The topological polar surface area (TPSA) is 56.8 Å². The highest BCUT2D eigenvalue weighted by Crippen LogP contribution is 2.22. The number of carbonyl (C=O) groups is 1. The molecule has 0 spiro atoms. The normalized spacial score (nSPS) is 14.3. The fraction of sp³-hybridized carbons (Fsp3) is 0.458. The molecule has 2 aromatic rings. The van der Waals surface area contributed by atoms with E-state index in [-0.39, 0.29) is 12.1 Å². The molecule has 0 radical (unpaired) electrons. The lowest BCUT2D eigenvalue weighted by atomic mass is 10.0. The zero-order valence-electron chi connectivity index (χ0n) is 18.1. The van der Waals surface area contributed by atoms with Crippen LogP contribution in [-0.4, -0.2) is 51.9 Å². The van der Waals surface area contributed by atoms with Crippen LogP contribution in [0, 0.1) is 0 Å². The van der Waals surface area contributed by atoms with Crippen molar-refractivity contribution in [2.24, 2.45) is 0 Å². The molecular weight excluding hydrogens is 376 g/mol. The maximum atomic E-state index is 12.3. The Kier molecular flexibility index (Phi) is 8.24. The molecule has 1 heterocycles. The van der Waals surface area contributed by atoms with E-state index in [9.17, 15) is 4.79 Å². The average Bonchev–Trinajstić information content (AvgIpc) is 2.80. The monoisotopic (exact) mass is 410 g/mol. The molecule has 2 amide bonds. The molecule has 0 unspecified atom stereocenters. The largest absolute Gasteiger partial charge is 0.497 e. The van der Waals surface area contributed by atoms with E-state index in [0.717, 1.165) is 51.2 Å². The Morgan fingerprint density at radius 3 is 2.43 bits per heavy atom. The number of amides is 2. The molecule has 2 aromatic carbocycles. The van der Waals surface area contributed by atoms with Gasteiger partial charge in [0, 0.05) is 50.1 Å². The van der Waals surface area contributed by atoms with Gasteiger partial charge in [0.05, 0.1) is 7.11 Å². The van der Waals surface area contributed by atoms with Gasteiger partial charge in [0.1, 0.15) is 5.75 Å². The van der Waals surface area contributed by atoms with Crippen LogP contribution in [0.4, 0.5) is 16.2 Å². The third-order valence-corrected chi connectivity index (χ3v) is 5.66. The van der Waals surface area contributed by atoms with Crippen molar-refractivity contribution in [2.75, 3.05) is 49.6 Å². The van der Waals surface area contributed by atoms with Gasteiger partial charge in [-0.1, -0.05) is 18.2 Å². The summed E-state index contributed by atoms with van der Waals surface area (Å²) in [6.45, 7) is 6.62. The maximum Gasteiger partial charge on any atom is 0.315 e. The summed E-state index contributed by atoms with van der Waals surface area (Å²) in [6.07, 6.45) is 2.83. The Morgan fingerprint density at radius 2 is 1.80 bits per heavy atom. The number of nitrogens with zero attached hydrogens (tertiary/aromatic N) is 2. The number of carbonyl (C=O) groups excluding carboxylic acids is 1. The smallest absolute Gasteiger partial charge is 0.315 e. The van der Waals surface area contributed by atoms with E-state index in [1.165, 1.54) is 11.4 Å². The third-order valence-electron chi connectivity index (χ3n) is 5.66. The number of benzene rings is 2. The molecule has 1 fully saturated rings. The zero-order chi connectivity index (χ0) is 21.2. The fourth-order valence-corrected chi connectivity index (χ4v) is 3.89. The lowest BCUT2D eigenvalue weighted by molar-refractivity contribution is 0.234. The molecule has 2 N–H and O–H groups in total. The van der Waals surface area contributed by atoms with Crippen molar-refractivity contribution in [2.45, 2.75) is 32.2 Å². The van der Waals surface area contributed by atoms with E-state index in [4.69, 9.17) is 4.74 Å². The third kappa shape index (κ3) is 6.31. The number of methoxy groups -OCH3 is 1. The molecule has 0 bridgehead atoms. The highest BCUT2D eigenvalue weighted by molar-refractivity contribution is 5.74. The summed E-state index contributed by atoms with van der Waals surface area (Å²) in [5.41, 5.74) is 2.44. The predicted molar refractivity (Wildman–Crippen MR) is 124 cm³/mol. The predicted octanol–water partition coefficient (Wildman–Crippen LogP) is 3.88. The van der Waals surface area contributed by atoms with Crippen molar-refractivity contribution in [1.29, 1.82) is 0 Å². The van der Waals surface area contributed by atoms with Crippen LogP contribution in [0.5, 0.6) is 5.75 Å². The van der Waals surface area contributed by atoms with Crippen molar-refractivity contribution < 1.29 is 9.53 Å². The molecule has 0 atom stereocenters. The summed E-state index contributed by atoms with van der Waals surface area (Å²) in [5.74, 6) is 0.873. The Labute approximate surface area is 180 Å². The first-order valence-electron chi connectivity index (χ1n) is 10.9. The number of nitrogens with one attached hydrogen (secondary N) is 2. The molecular formula is C24H34N4O2. The Hall–Kier alpha value is -2.89. The van der Waals surface area contributed by atoms with Crippen molar-refractivity contribution >= 4 is 17.4 Å². The van der Waals surface area contributed by atoms with Crippen molar-refractivity contribution in [1.82, 2.24) is 10.6 Å². The van der Waals surface area contributed by atoms with E-state index >= 15 is 0 Å². The van der Waals surface area contributed by atoms with Crippen molar-refractivity contribution in [3.63, 3.8) is 0 Å². The minimum absolute atomic E-state index is 0.0549. The highest BCUT2D eigenvalue weighted by atomic mass is 16.5. The molecule has 1 saturated heterocycles. The molecule has 3 rings (SSSR count). The number of anilines is 2. The first-order valence-corrected chi connectivity index (χ1v) is 10.9. The number of rotatable bonds is 9. The van der Waals surface area contributed by atoms with E-state index < -0.39 is 0 Å². The summed E-state index contributed by atoms with van der Waals surface area (Å²) in [5, 5.41) is 6.14. The van der Waals surface area contributed by atoms with E-state index in [0.29, 0.717) is 6.54 Å². The molecule has 1 aliphatic rings. The number of piperidine rings is 1. The van der Waals surface area contributed by atoms with E-state index in [1.54, 1.807) is 7.11 Å². The van der Waals surface area contributed by atoms with Gasteiger partial charge in [-0.25, -0.2) is 4.79 Å². The second kappa shape index (κ2) is 11.3. The number of urea groups is 1. The fourth-order valence-electron chi connectivity index (χ4n) is 3.89. The Morgan fingerprint density at radius 1 is 1.10 bits per heavy atom. The number of hydrogen-bond acceptors (Lipinski definition) is 4. The SMILES string of the molecule is CCN(CCCNC(=O)NC1CCN(c2ccc(OC)cc2)CC1)c1ccccc1. The Balaban J connectivity index is 1.33. The number of hydrogen-bond donors (Lipinski definition) is 2. The van der Waals surface area contributed by atoms with Crippen LogP contribution in [0.3, 0.4) is 0 Å². The molecule has 6 nitrogen and oxygen atoms in total. The maximum absolute atomic E-state index is 12.3. The van der Waals surface area contributed by atoms with Crippen LogP contribution < -0.4 is 25.2 Å². The summed E-state index contributed by atoms with van der Waals surface area (Å²) >= 11 is 0. The molecule has 0 aromatic heterocycles. The van der Waals surface area contributed by atoms with Gasteiger partial charge >= 0.3 is 6.03 Å². The lowest BCUT2D eigenvalue weighted by Crippen LogP contribution is -2.48. The molecule has 1 aliphatic heterocycles. The van der Waals surface area contributed by atoms with Crippen LogP contribution in [0.2, 0.25) is 0 Å². The number of para-hydroxylation sites is 1. The second-order valence-electron chi connectivity index (χ2n) is 7.63. The highest BCUT2D eigenvalue weighted by Gasteiger charge is 2.20. The van der Waals surface area contributed by atoms with Gasteiger partial charge in [-0.3, -0.25) is 0 Å². The van der Waals surface area contributed by atoms with Crippen molar-refractivity contribution in [3.8, 4) is 5.75 Å². The molecule has 30 heavy (non-hydrogen) atoms. The van der Waals surface area contributed by atoms with Crippen molar-refractivity contribution in [3.05, 3.63) is 54.6 Å². The summed E-state index contributed by atoms with van der Waals surface area (Å²) in [6, 6.07) is 18.7. The van der Waals surface area contributed by atoms with Gasteiger partial charge in [-0.05, 0) is 62.6 Å². The Bertz CT molecular complexity index is 759. The van der Waals surface area contributed by atoms with Crippen LogP contribution in [0.15, 0.2) is 54.6 Å². The standard InChI is InChI=1S/C24H34N4O2/c1-3-27(21-8-5-4-6-9-21)17-7-16-25-24(29)26-20-14-18-28(19-15-20)22-10-12-23(30-2)13-11-22/h4-6,8-13,20H,3,7,14-19H2,1-2H3,(H2,25,26,29). The average molecular weight is 411 g/mol. The van der Waals surface area contributed by atoms with Crippen LogP contribution >= 0.6 is 0 Å². The molecule has 162 valence electrons. The lowest BCUT2D eigenvalue weighted by Gasteiger charge is -2.34. The van der Waals surface area contributed by atoms with E-state index in [2.05, 4.69) is 63.8 Å². The van der Waals surface area contributed by atoms with Crippen LogP contribution in [-0.2, 0) is 0 Å². The van der Waals surface area contributed by atoms with Gasteiger partial charge in [-0.15, -0.1) is 0 Å².